The first-order chi connectivity index (χ1) is 16.0. The Morgan fingerprint density at radius 3 is 2.36 bits per heavy atom. The number of rotatable bonds is 8. The molecule has 170 valence electrons. The minimum absolute atomic E-state index is 0.261. The van der Waals surface area contributed by atoms with Crippen LogP contribution in [0.25, 0.3) is 16.8 Å². The molecule has 8 heteroatoms. The Morgan fingerprint density at radius 2 is 1.67 bits per heavy atom. The van der Waals surface area contributed by atoms with Gasteiger partial charge in [-0.3, -0.25) is 9.48 Å². The van der Waals surface area contributed by atoms with E-state index in [2.05, 4.69) is 32.9 Å². The Bertz CT molecular complexity index is 1240. The molecule has 8 nitrogen and oxygen atoms in total. The SMILES string of the molecule is COCCn1nc(C)c(CNC(=O)c2nnn(-c3ccc(-c4ccccc4)cc3)c2C)c1C. The quantitative estimate of drug-likeness (QED) is 0.448. The number of methoxy groups -OCH3 is 1. The molecule has 0 unspecified atom stereocenters. The second kappa shape index (κ2) is 9.79. The highest BCUT2D eigenvalue weighted by atomic mass is 16.5. The third kappa shape index (κ3) is 4.70. The molecule has 0 saturated heterocycles. The molecule has 0 fully saturated rings. The molecular formula is C25H28N6O2. The van der Waals surface area contributed by atoms with Gasteiger partial charge in [0.05, 0.1) is 30.2 Å². The molecule has 2 heterocycles. The maximum atomic E-state index is 12.8. The largest absolute Gasteiger partial charge is 0.383 e. The summed E-state index contributed by atoms with van der Waals surface area (Å²) in [6.45, 7) is 7.42. The van der Waals surface area contributed by atoms with Gasteiger partial charge in [0.25, 0.3) is 5.91 Å². The van der Waals surface area contributed by atoms with E-state index in [1.54, 1.807) is 11.8 Å². The molecule has 0 aliphatic carbocycles. The average molecular weight is 445 g/mol. The number of aromatic nitrogens is 5. The van der Waals surface area contributed by atoms with E-state index in [4.69, 9.17) is 4.74 Å². The Kier molecular flexibility index (Phi) is 6.65. The molecule has 0 bridgehead atoms. The molecule has 1 amide bonds. The van der Waals surface area contributed by atoms with Crippen molar-refractivity contribution in [1.82, 2.24) is 30.1 Å². The van der Waals surface area contributed by atoms with Gasteiger partial charge in [0.2, 0.25) is 0 Å². The van der Waals surface area contributed by atoms with Crippen molar-refractivity contribution < 1.29 is 9.53 Å². The summed E-state index contributed by atoms with van der Waals surface area (Å²) >= 11 is 0. The van der Waals surface area contributed by atoms with E-state index in [1.165, 1.54) is 0 Å². The minimum Gasteiger partial charge on any atom is -0.383 e. The Balaban J connectivity index is 1.47. The van der Waals surface area contributed by atoms with Crippen molar-refractivity contribution in [2.45, 2.75) is 33.9 Å². The van der Waals surface area contributed by atoms with Crippen molar-refractivity contribution in [3.8, 4) is 16.8 Å². The number of carbonyl (C=O) groups excluding carboxylic acids is 1. The molecule has 4 rings (SSSR count). The van der Waals surface area contributed by atoms with Gasteiger partial charge < -0.3 is 10.1 Å². The van der Waals surface area contributed by atoms with Crippen LogP contribution in [-0.2, 0) is 17.8 Å². The highest BCUT2D eigenvalue weighted by molar-refractivity contribution is 5.93. The standard InChI is InChI=1S/C25H28N6O2/c1-17-23(18(2)30(28-17)14-15-33-4)16-26-25(32)24-19(3)31(29-27-24)22-12-10-21(11-13-22)20-8-6-5-7-9-20/h5-13H,14-16H2,1-4H3,(H,26,32). The second-order valence-corrected chi connectivity index (χ2v) is 7.90. The highest BCUT2D eigenvalue weighted by Gasteiger charge is 2.19. The molecule has 0 radical (unpaired) electrons. The summed E-state index contributed by atoms with van der Waals surface area (Å²) in [6.07, 6.45) is 0. The maximum absolute atomic E-state index is 12.8. The van der Waals surface area contributed by atoms with Crippen molar-refractivity contribution >= 4 is 5.91 Å². The van der Waals surface area contributed by atoms with Crippen LogP contribution < -0.4 is 5.32 Å². The van der Waals surface area contributed by atoms with E-state index >= 15 is 0 Å². The number of hydrogen-bond donors (Lipinski definition) is 1. The van der Waals surface area contributed by atoms with Crippen LogP contribution >= 0.6 is 0 Å². The first kappa shape index (κ1) is 22.4. The smallest absolute Gasteiger partial charge is 0.274 e. The summed E-state index contributed by atoms with van der Waals surface area (Å²) in [5.74, 6) is -0.261. The Hall–Kier alpha value is -3.78. The van der Waals surface area contributed by atoms with Gasteiger partial charge in [-0.15, -0.1) is 5.10 Å². The molecule has 0 spiro atoms. The normalized spacial score (nSPS) is 11.0. The van der Waals surface area contributed by atoms with E-state index < -0.39 is 0 Å². The van der Waals surface area contributed by atoms with Crippen molar-refractivity contribution in [3.05, 3.63) is 82.9 Å². The van der Waals surface area contributed by atoms with Crippen LogP contribution in [0.5, 0.6) is 0 Å². The molecule has 0 saturated carbocycles. The molecular weight excluding hydrogens is 416 g/mol. The van der Waals surface area contributed by atoms with E-state index in [9.17, 15) is 4.79 Å². The van der Waals surface area contributed by atoms with E-state index in [0.717, 1.165) is 33.8 Å². The highest BCUT2D eigenvalue weighted by Crippen LogP contribution is 2.21. The molecule has 4 aromatic rings. The lowest BCUT2D eigenvalue weighted by molar-refractivity contribution is 0.0945. The van der Waals surface area contributed by atoms with Gasteiger partial charge in [-0.1, -0.05) is 47.7 Å². The van der Waals surface area contributed by atoms with Crippen LogP contribution in [0.1, 0.15) is 33.1 Å². The minimum atomic E-state index is -0.261. The number of nitrogens with one attached hydrogen (secondary N) is 1. The van der Waals surface area contributed by atoms with Gasteiger partial charge in [0.15, 0.2) is 5.69 Å². The number of aryl methyl sites for hydroxylation is 1. The van der Waals surface area contributed by atoms with Crippen LogP contribution in [0, 0.1) is 20.8 Å². The molecule has 1 N–H and O–H groups in total. The van der Waals surface area contributed by atoms with E-state index in [-0.39, 0.29) is 5.91 Å². The maximum Gasteiger partial charge on any atom is 0.274 e. The third-order valence-electron chi connectivity index (χ3n) is 5.79. The van der Waals surface area contributed by atoms with Gasteiger partial charge in [0.1, 0.15) is 0 Å². The van der Waals surface area contributed by atoms with Crippen LogP contribution in [0.2, 0.25) is 0 Å². The van der Waals surface area contributed by atoms with Crippen molar-refractivity contribution in [2.24, 2.45) is 0 Å². The van der Waals surface area contributed by atoms with Crippen LogP contribution in [-0.4, -0.2) is 44.4 Å². The fraction of sp³-hybridized carbons (Fsp3) is 0.280. The molecule has 0 aliphatic rings. The zero-order chi connectivity index (χ0) is 23.4. The Morgan fingerprint density at radius 1 is 0.970 bits per heavy atom. The number of hydrogen-bond acceptors (Lipinski definition) is 5. The summed E-state index contributed by atoms with van der Waals surface area (Å²) in [7, 11) is 1.67. The first-order valence-electron chi connectivity index (χ1n) is 10.9. The summed E-state index contributed by atoms with van der Waals surface area (Å²) in [5.41, 5.74) is 7.02. The van der Waals surface area contributed by atoms with Crippen LogP contribution in [0.4, 0.5) is 0 Å². The first-order valence-corrected chi connectivity index (χ1v) is 10.9. The van der Waals surface area contributed by atoms with Crippen molar-refractivity contribution in [3.63, 3.8) is 0 Å². The van der Waals surface area contributed by atoms with Gasteiger partial charge in [-0.2, -0.15) is 5.10 Å². The zero-order valence-corrected chi connectivity index (χ0v) is 19.4. The fourth-order valence-electron chi connectivity index (χ4n) is 3.85. The second-order valence-electron chi connectivity index (χ2n) is 7.90. The van der Waals surface area contributed by atoms with Gasteiger partial charge >= 0.3 is 0 Å². The summed E-state index contributed by atoms with van der Waals surface area (Å²) < 4.78 is 8.73. The lowest BCUT2D eigenvalue weighted by Gasteiger charge is -2.07. The zero-order valence-electron chi connectivity index (χ0n) is 19.4. The van der Waals surface area contributed by atoms with Crippen LogP contribution in [0.3, 0.4) is 0 Å². The monoisotopic (exact) mass is 444 g/mol. The summed E-state index contributed by atoms with van der Waals surface area (Å²) in [6, 6.07) is 18.2. The van der Waals surface area contributed by atoms with E-state index in [0.29, 0.717) is 31.1 Å². The average Bonchev–Trinajstić information content (AvgIpc) is 3.35. The van der Waals surface area contributed by atoms with Gasteiger partial charge in [-0.25, -0.2) is 4.68 Å². The number of nitrogens with zero attached hydrogens (tertiary/aromatic N) is 5. The lowest BCUT2D eigenvalue weighted by Crippen LogP contribution is -2.24. The predicted octanol–water partition coefficient (Wildman–Crippen LogP) is 3.63. The number of ether oxygens (including phenoxy) is 1. The predicted molar refractivity (Wildman–Crippen MR) is 126 cm³/mol. The molecule has 2 aromatic heterocycles. The number of carbonyl (C=O) groups is 1. The summed E-state index contributed by atoms with van der Waals surface area (Å²) in [4.78, 5) is 12.8. The van der Waals surface area contributed by atoms with Crippen molar-refractivity contribution in [1.29, 1.82) is 0 Å². The lowest BCUT2D eigenvalue weighted by atomic mass is 10.1. The number of benzene rings is 2. The van der Waals surface area contributed by atoms with Gasteiger partial charge in [0, 0.05) is 24.9 Å². The molecule has 33 heavy (non-hydrogen) atoms. The van der Waals surface area contributed by atoms with Crippen molar-refractivity contribution in [2.75, 3.05) is 13.7 Å². The fourth-order valence-corrected chi connectivity index (χ4v) is 3.85. The molecule has 0 aliphatic heterocycles. The molecule has 0 atom stereocenters. The molecule has 2 aromatic carbocycles. The van der Waals surface area contributed by atoms with E-state index in [1.807, 2.05) is 67.9 Å². The van der Waals surface area contributed by atoms with Gasteiger partial charge in [-0.05, 0) is 44.0 Å². The third-order valence-corrected chi connectivity index (χ3v) is 5.79. The van der Waals surface area contributed by atoms with Crippen LogP contribution in [0.15, 0.2) is 54.6 Å². The summed E-state index contributed by atoms with van der Waals surface area (Å²) in [5, 5.41) is 15.9. The Labute approximate surface area is 193 Å². The number of amides is 1. The topological polar surface area (TPSA) is 86.9 Å².